The number of halogens is 1. The van der Waals surface area contributed by atoms with Crippen molar-refractivity contribution in [1.82, 2.24) is 10.2 Å². The number of hydrogen-bond donors (Lipinski definition) is 4. The van der Waals surface area contributed by atoms with Crippen LogP contribution in [0.5, 0.6) is 5.75 Å². The summed E-state index contributed by atoms with van der Waals surface area (Å²) in [6.45, 7) is 6.20. The fraction of sp³-hybridized carbons (Fsp3) is 0.324. The van der Waals surface area contributed by atoms with Gasteiger partial charge < -0.3 is 30.4 Å². The Kier molecular flexibility index (Phi) is 10.3. The number of carbonyl (C=O) groups excluding carboxylic acids is 2. The molecule has 0 radical (unpaired) electrons. The number of benzene rings is 3. The number of nitrogens with zero attached hydrogens (tertiary/aromatic N) is 2. The van der Waals surface area contributed by atoms with Crippen molar-refractivity contribution in [2.24, 2.45) is 0 Å². The molecule has 1 aliphatic heterocycles. The van der Waals surface area contributed by atoms with Crippen LogP contribution < -0.4 is 26.3 Å². The second kappa shape index (κ2) is 14.7. The van der Waals surface area contributed by atoms with Crippen LogP contribution in [0.2, 0.25) is 0 Å². The lowest BCUT2D eigenvalue weighted by Crippen LogP contribution is -2.46. The Bertz CT molecular complexity index is 1680. The normalized spacial score (nSPS) is 13.5. The molecule has 10 nitrogen and oxygen atoms in total. The summed E-state index contributed by atoms with van der Waals surface area (Å²) in [5.41, 5.74) is 2.51. The molecule has 1 fully saturated rings. The molecule has 0 saturated carbocycles. The SMILES string of the molecule is CCCCC(=O)NCCNc1ccc(NC(=O)c2cc(=O)c3ccc(O)c(CN4CCN(c5ccc(F)cc5)CC4)c3o2)cc1. The van der Waals surface area contributed by atoms with Crippen molar-refractivity contribution in [3.05, 3.63) is 94.1 Å². The monoisotopic (exact) mass is 615 g/mol. The predicted octanol–water partition coefficient (Wildman–Crippen LogP) is 4.93. The number of aromatic hydroxyl groups is 1. The number of phenolic OH excluding ortho intramolecular Hbond substituents is 1. The maximum absolute atomic E-state index is 13.3. The van der Waals surface area contributed by atoms with Crippen LogP contribution in [0.15, 0.2) is 75.9 Å². The highest BCUT2D eigenvalue weighted by molar-refractivity contribution is 6.03. The zero-order chi connectivity index (χ0) is 31.8. The van der Waals surface area contributed by atoms with Crippen molar-refractivity contribution in [3.63, 3.8) is 0 Å². The van der Waals surface area contributed by atoms with E-state index in [1.54, 1.807) is 36.4 Å². The predicted molar refractivity (Wildman–Crippen MR) is 173 cm³/mol. The van der Waals surface area contributed by atoms with Gasteiger partial charge in [0.1, 0.15) is 17.1 Å². The number of hydrogen-bond acceptors (Lipinski definition) is 8. The molecule has 0 aliphatic carbocycles. The zero-order valence-corrected chi connectivity index (χ0v) is 25.3. The standard InChI is InChI=1S/C34H38FN5O5/c1-2-3-4-32(43)37-16-15-36-24-7-9-25(10-8-24)38-34(44)31-21-30(42)27-13-14-29(41)28(33(27)45-31)22-39-17-19-40(20-18-39)26-11-5-23(35)6-12-26/h5-14,21,36,41H,2-4,15-20,22H2,1H3,(H,37,43)(H,38,44). The Balaban J connectivity index is 1.21. The van der Waals surface area contributed by atoms with Crippen molar-refractivity contribution < 1.29 is 23.5 Å². The Morgan fingerprint density at radius 3 is 2.36 bits per heavy atom. The van der Waals surface area contributed by atoms with E-state index in [4.69, 9.17) is 4.42 Å². The molecule has 236 valence electrons. The van der Waals surface area contributed by atoms with E-state index in [-0.39, 0.29) is 39.6 Å². The van der Waals surface area contributed by atoms with Gasteiger partial charge in [-0.2, -0.15) is 0 Å². The molecule has 4 N–H and O–H groups in total. The third kappa shape index (κ3) is 8.18. The third-order valence-corrected chi connectivity index (χ3v) is 7.82. The molecular weight excluding hydrogens is 577 g/mol. The number of fused-ring (bicyclic) bond motifs is 1. The Labute approximate surface area is 260 Å². The number of phenols is 1. The van der Waals surface area contributed by atoms with Gasteiger partial charge in [-0.1, -0.05) is 13.3 Å². The van der Waals surface area contributed by atoms with Crippen LogP contribution in [-0.4, -0.2) is 61.1 Å². The van der Waals surface area contributed by atoms with Crippen molar-refractivity contribution in [2.75, 3.05) is 54.8 Å². The first kappa shape index (κ1) is 31.5. The summed E-state index contributed by atoms with van der Waals surface area (Å²) >= 11 is 0. The van der Waals surface area contributed by atoms with E-state index in [0.29, 0.717) is 63.5 Å². The van der Waals surface area contributed by atoms with E-state index >= 15 is 0 Å². The van der Waals surface area contributed by atoms with Gasteiger partial charge >= 0.3 is 0 Å². The first-order chi connectivity index (χ1) is 21.8. The number of anilines is 3. The number of rotatable bonds is 12. The smallest absolute Gasteiger partial charge is 0.291 e. The lowest BCUT2D eigenvalue weighted by molar-refractivity contribution is -0.121. The fourth-order valence-corrected chi connectivity index (χ4v) is 5.27. The van der Waals surface area contributed by atoms with Crippen molar-refractivity contribution in [2.45, 2.75) is 32.7 Å². The third-order valence-electron chi connectivity index (χ3n) is 7.82. The number of piperazine rings is 1. The highest BCUT2D eigenvalue weighted by Crippen LogP contribution is 2.29. The molecule has 1 aliphatic rings. The van der Waals surface area contributed by atoms with Gasteiger partial charge in [-0.05, 0) is 67.1 Å². The summed E-state index contributed by atoms with van der Waals surface area (Å²) < 4.78 is 19.3. The van der Waals surface area contributed by atoms with E-state index in [1.165, 1.54) is 24.3 Å². The van der Waals surface area contributed by atoms with Crippen LogP contribution in [0, 0.1) is 5.82 Å². The highest BCUT2D eigenvalue weighted by atomic mass is 19.1. The second-order valence-electron chi connectivity index (χ2n) is 11.1. The highest BCUT2D eigenvalue weighted by Gasteiger charge is 2.22. The Morgan fingerprint density at radius 2 is 1.64 bits per heavy atom. The molecule has 3 aromatic carbocycles. The molecule has 45 heavy (non-hydrogen) atoms. The molecule has 4 aromatic rings. The second-order valence-corrected chi connectivity index (χ2v) is 11.1. The van der Waals surface area contributed by atoms with Crippen LogP contribution in [0.25, 0.3) is 11.0 Å². The number of unbranched alkanes of at least 4 members (excludes halogenated alkanes) is 1. The molecule has 1 aromatic heterocycles. The first-order valence-electron chi connectivity index (χ1n) is 15.2. The van der Waals surface area contributed by atoms with Gasteiger partial charge in [0.25, 0.3) is 5.91 Å². The van der Waals surface area contributed by atoms with Gasteiger partial charge in [0, 0.05) is 75.4 Å². The lowest BCUT2D eigenvalue weighted by Gasteiger charge is -2.36. The summed E-state index contributed by atoms with van der Waals surface area (Å²) in [6, 6.07) is 17.6. The summed E-state index contributed by atoms with van der Waals surface area (Å²) in [7, 11) is 0. The van der Waals surface area contributed by atoms with Gasteiger partial charge in [0.05, 0.1) is 10.9 Å². The number of amides is 2. The summed E-state index contributed by atoms with van der Waals surface area (Å²) in [5.74, 6) is -1.01. The molecule has 0 unspecified atom stereocenters. The molecule has 11 heteroatoms. The molecule has 2 heterocycles. The maximum Gasteiger partial charge on any atom is 0.291 e. The summed E-state index contributed by atoms with van der Waals surface area (Å²) in [5, 5.41) is 19.9. The van der Waals surface area contributed by atoms with Gasteiger partial charge in [-0.25, -0.2) is 4.39 Å². The molecule has 2 amide bonds. The molecule has 0 atom stereocenters. The fourth-order valence-electron chi connectivity index (χ4n) is 5.27. The largest absolute Gasteiger partial charge is 0.507 e. The van der Waals surface area contributed by atoms with E-state index in [2.05, 4.69) is 25.8 Å². The Morgan fingerprint density at radius 1 is 0.933 bits per heavy atom. The zero-order valence-electron chi connectivity index (χ0n) is 25.3. The van der Waals surface area contributed by atoms with Gasteiger partial charge in [0.15, 0.2) is 11.2 Å². The van der Waals surface area contributed by atoms with Crippen LogP contribution in [-0.2, 0) is 11.3 Å². The minimum Gasteiger partial charge on any atom is -0.507 e. The van der Waals surface area contributed by atoms with E-state index in [1.807, 2.05) is 6.92 Å². The molecular formula is C34H38FN5O5. The molecule has 0 bridgehead atoms. The van der Waals surface area contributed by atoms with Crippen molar-refractivity contribution in [3.8, 4) is 5.75 Å². The van der Waals surface area contributed by atoms with Crippen LogP contribution in [0.3, 0.4) is 0 Å². The van der Waals surface area contributed by atoms with Crippen LogP contribution in [0.4, 0.5) is 21.5 Å². The van der Waals surface area contributed by atoms with E-state index in [9.17, 15) is 23.9 Å². The van der Waals surface area contributed by atoms with E-state index < -0.39 is 5.91 Å². The molecule has 1 saturated heterocycles. The number of nitrogens with one attached hydrogen (secondary N) is 3. The maximum atomic E-state index is 13.3. The average Bonchev–Trinajstić information content (AvgIpc) is 3.05. The number of carbonyl (C=O) groups is 2. The summed E-state index contributed by atoms with van der Waals surface area (Å²) in [4.78, 5) is 42.1. The summed E-state index contributed by atoms with van der Waals surface area (Å²) in [6.07, 6.45) is 2.38. The van der Waals surface area contributed by atoms with Crippen molar-refractivity contribution >= 4 is 39.8 Å². The topological polar surface area (TPSA) is 127 Å². The quantitative estimate of drug-likeness (QED) is 0.165. The van der Waals surface area contributed by atoms with Gasteiger partial charge in [-0.15, -0.1) is 0 Å². The minimum atomic E-state index is -0.591. The van der Waals surface area contributed by atoms with Crippen molar-refractivity contribution in [1.29, 1.82) is 0 Å². The lowest BCUT2D eigenvalue weighted by atomic mass is 10.1. The van der Waals surface area contributed by atoms with Crippen LogP contribution >= 0.6 is 0 Å². The molecule has 5 rings (SSSR count). The Hall–Kier alpha value is -4.90. The van der Waals surface area contributed by atoms with Gasteiger partial charge in [-0.3, -0.25) is 19.3 Å². The molecule has 0 spiro atoms. The van der Waals surface area contributed by atoms with E-state index in [0.717, 1.165) is 30.3 Å². The van der Waals surface area contributed by atoms with Gasteiger partial charge in [0.2, 0.25) is 5.91 Å². The minimum absolute atomic E-state index is 0.0206. The van der Waals surface area contributed by atoms with Crippen LogP contribution in [0.1, 0.15) is 42.3 Å². The first-order valence-corrected chi connectivity index (χ1v) is 15.2. The average molecular weight is 616 g/mol.